The zero-order chi connectivity index (χ0) is 15.5. The third-order valence-electron chi connectivity index (χ3n) is 5.22. The molecule has 0 N–H and O–H groups in total. The average molecular weight is 313 g/mol. The number of rotatable bonds is 0. The van der Waals surface area contributed by atoms with Gasteiger partial charge in [0.15, 0.2) is 29.2 Å². The van der Waals surface area contributed by atoms with E-state index < -0.39 is 11.9 Å². The number of hydrogen-bond acceptors (Lipinski definition) is 6. The Balaban J connectivity index is 1.56. The predicted molar refractivity (Wildman–Crippen MR) is 77.8 cm³/mol. The van der Waals surface area contributed by atoms with Crippen LogP contribution in [0.5, 0.6) is 11.5 Å². The van der Waals surface area contributed by atoms with E-state index in [1.165, 1.54) is 0 Å². The maximum Gasteiger partial charge on any atom is 0.231 e. The van der Waals surface area contributed by atoms with Crippen LogP contribution in [-0.2, 0) is 14.3 Å². The van der Waals surface area contributed by atoms with Gasteiger partial charge in [-0.1, -0.05) is 0 Å². The number of fused-ring (bicyclic) bond motifs is 8. The molecular formula is C17H15NO5. The number of benzene rings is 1. The summed E-state index contributed by atoms with van der Waals surface area (Å²) < 4.78 is 22.8. The highest BCUT2D eigenvalue weighted by atomic mass is 16.8. The first-order valence-corrected chi connectivity index (χ1v) is 7.88. The molecule has 23 heavy (non-hydrogen) atoms. The van der Waals surface area contributed by atoms with Gasteiger partial charge in [0.2, 0.25) is 6.79 Å². The Bertz CT molecular complexity index is 827. The lowest BCUT2D eigenvalue weighted by Crippen LogP contribution is -2.26. The van der Waals surface area contributed by atoms with Crippen molar-refractivity contribution >= 4 is 11.4 Å². The zero-order valence-corrected chi connectivity index (χ0v) is 12.8. The molecule has 4 aliphatic heterocycles. The van der Waals surface area contributed by atoms with Crippen LogP contribution in [0.3, 0.4) is 0 Å². The van der Waals surface area contributed by atoms with Crippen molar-refractivity contribution < 1.29 is 23.7 Å². The van der Waals surface area contributed by atoms with Crippen LogP contribution in [-0.4, -0.2) is 42.0 Å². The van der Waals surface area contributed by atoms with Crippen LogP contribution in [0.2, 0.25) is 0 Å². The van der Waals surface area contributed by atoms with Crippen LogP contribution in [0.1, 0.15) is 31.0 Å². The highest BCUT2D eigenvalue weighted by Crippen LogP contribution is 2.57. The van der Waals surface area contributed by atoms with Gasteiger partial charge in [0.1, 0.15) is 6.10 Å². The molecule has 2 saturated heterocycles. The standard InChI is InChI=1S/C17H15NO5/c1-17(2)22-15-13-12(14(19)16(15)23-17)8-4-11-10(20-6-21-11)3-7(8)9-5-18(9)13/h3-4,9,15-16H,5-6H2,1-2H3/t9?,15-,16+,18?/m0/s1. The summed E-state index contributed by atoms with van der Waals surface area (Å²) in [5.74, 6) is 0.765. The fraction of sp³-hybridized carbons (Fsp3) is 0.471. The van der Waals surface area contributed by atoms with Crippen molar-refractivity contribution in [3.8, 4) is 11.5 Å². The number of ether oxygens (including phenoxy) is 4. The largest absolute Gasteiger partial charge is 0.454 e. The van der Waals surface area contributed by atoms with Crippen LogP contribution >= 0.6 is 0 Å². The number of hydrogen-bond donors (Lipinski definition) is 0. The maximum atomic E-state index is 13.0. The van der Waals surface area contributed by atoms with Crippen molar-refractivity contribution in [3.05, 3.63) is 29.0 Å². The number of carbonyl (C=O) groups is 1. The van der Waals surface area contributed by atoms with Crippen LogP contribution in [0.15, 0.2) is 17.8 Å². The first kappa shape index (κ1) is 12.4. The highest BCUT2D eigenvalue weighted by molar-refractivity contribution is 6.27. The van der Waals surface area contributed by atoms with Crippen LogP contribution < -0.4 is 9.47 Å². The summed E-state index contributed by atoms with van der Waals surface area (Å²) in [6, 6.07) is 4.25. The fourth-order valence-corrected chi connectivity index (χ4v) is 4.26. The molecule has 2 fully saturated rings. The predicted octanol–water partition coefficient (Wildman–Crippen LogP) is 1.60. The molecular weight excluding hydrogens is 298 g/mol. The Morgan fingerprint density at radius 2 is 1.87 bits per heavy atom. The minimum absolute atomic E-state index is 0.0149. The highest BCUT2D eigenvalue weighted by Gasteiger charge is 2.60. The monoisotopic (exact) mass is 313 g/mol. The topological polar surface area (TPSA) is 57.0 Å². The van der Waals surface area contributed by atoms with Gasteiger partial charge >= 0.3 is 0 Å². The van der Waals surface area contributed by atoms with E-state index in [9.17, 15) is 4.79 Å². The summed E-state index contributed by atoms with van der Waals surface area (Å²) >= 11 is 0. The van der Waals surface area contributed by atoms with E-state index in [1.807, 2.05) is 26.0 Å². The van der Waals surface area contributed by atoms with E-state index in [-0.39, 0.29) is 18.7 Å². The van der Waals surface area contributed by atoms with Crippen LogP contribution in [0.25, 0.3) is 5.57 Å². The first-order chi connectivity index (χ1) is 11.0. The Labute approximate surface area is 132 Å². The summed E-state index contributed by atoms with van der Waals surface area (Å²) in [5.41, 5.74) is 3.81. The van der Waals surface area contributed by atoms with Gasteiger partial charge in [-0.05, 0) is 37.1 Å². The average Bonchev–Trinajstić information content (AvgIpc) is 2.94. The van der Waals surface area contributed by atoms with Gasteiger partial charge in [0.05, 0.1) is 17.3 Å². The third-order valence-corrected chi connectivity index (χ3v) is 5.22. The van der Waals surface area contributed by atoms with Gasteiger partial charge in [-0.15, -0.1) is 0 Å². The van der Waals surface area contributed by atoms with Crippen molar-refractivity contribution in [2.45, 2.75) is 37.9 Å². The molecule has 5 aliphatic rings. The van der Waals surface area contributed by atoms with Crippen molar-refractivity contribution in [2.24, 2.45) is 0 Å². The third kappa shape index (κ3) is 1.39. The van der Waals surface area contributed by atoms with Crippen molar-refractivity contribution in [2.75, 3.05) is 13.3 Å². The Morgan fingerprint density at radius 1 is 1.13 bits per heavy atom. The number of Topliss-reactive ketones (excluding diaryl/α,β-unsaturated/α-hetero) is 1. The Hall–Kier alpha value is -2.05. The van der Waals surface area contributed by atoms with E-state index in [0.717, 1.165) is 34.7 Å². The summed E-state index contributed by atoms with van der Waals surface area (Å²) in [6.07, 6.45) is -0.830. The van der Waals surface area contributed by atoms with Gasteiger partial charge in [0, 0.05) is 6.54 Å². The summed E-state index contributed by atoms with van der Waals surface area (Å²) in [4.78, 5) is 15.2. The molecule has 118 valence electrons. The minimum atomic E-state index is -0.718. The molecule has 1 unspecified atom stereocenters. The van der Waals surface area contributed by atoms with E-state index in [2.05, 4.69) is 4.90 Å². The Morgan fingerprint density at radius 3 is 2.70 bits per heavy atom. The molecule has 0 radical (unpaired) electrons. The first-order valence-electron chi connectivity index (χ1n) is 7.88. The van der Waals surface area contributed by atoms with Crippen molar-refractivity contribution in [1.29, 1.82) is 0 Å². The molecule has 6 rings (SSSR count). The molecule has 0 amide bonds. The lowest BCUT2D eigenvalue weighted by molar-refractivity contribution is -0.152. The molecule has 6 nitrogen and oxygen atoms in total. The molecule has 0 saturated carbocycles. The number of nitrogens with zero attached hydrogens (tertiary/aromatic N) is 1. The second kappa shape index (κ2) is 3.55. The van der Waals surface area contributed by atoms with E-state index in [0.29, 0.717) is 11.8 Å². The van der Waals surface area contributed by atoms with Gasteiger partial charge in [-0.2, -0.15) is 0 Å². The van der Waals surface area contributed by atoms with Crippen molar-refractivity contribution in [1.82, 2.24) is 4.90 Å². The van der Waals surface area contributed by atoms with Gasteiger partial charge in [-0.25, -0.2) is 0 Å². The summed E-state index contributed by atoms with van der Waals surface area (Å²) in [5, 5.41) is 0. The zero-order valence-electron chi connectivity index (χ0n) is 12.8. The fourth-order valence-electron chi connectivity index (χ4n) is 4.26. The quantitative estimate of drug-likeness (QED) is 0.678. The molecule has 6 heteroatoms. The summed E-state index contributed by atoms with van der Waals surface area (Å²) in [7, 11) is 0. The second-order valence-corrected chi connectivity index (χ2v) is 7.06. The lowest BCUT2D eigenvalue weighted by atomic mass is 9.93. The second-order valence-electron chi connectivity index (χ2n) is 7.06. The SMILES string of the molecule is CC1(C)O[C@@H]2C(=O)C3=C([C@@H]2O1)N1CC1c1cc2c(cc13)OCO2. The lowest BCUT2D eigenvalue weighted by Gasteiger charge is -2.24. The number of carbonyl (C=O) groups excluding carboxylic acids is 1. The summed E-state index contributed by atoms with van der Waals surface area (Å²) in [6.45, 7) is 4.85. The molecule has 1 aliphatic carbocycles. The van der Waals surface area contributed by atoms with Crippen LogP contribution in [0.4, 0.5) is 0 Å². The van der Waals surface area contributed by atoms with E-state index in [4.69, 9.17) is 18.9 Å². The molecule has 4 heterocycles. The van der Waals surface area contributed by atoms with Crippen LogP contribution in [0, 0.1) is 0 Å². The molecule has 1 aromatic rings. The van der Waals surface area contributed by atoms with Gasteiger partial charge in [-0.3, -0.25) is 4.79 Å². The molecule has 1 aromatic carbocycles. The Kier molecular flexibility index (Phi) is 1.91. The molecule has 3 atom stereocenters. The smallest absolute Gasteiger partial charge is 0.231 e. The molecule has 0 spiro atoms. The molecule has 0 aromatic heterocycles. The van der Waals surface area contributed by atoms with Gasteiger partial charge < -0.3 is 23.8 Å². The van der Waals surface area contributed by atoms with Gasteiger partial charge in [0.25, 0.3) is 0 Å². The van der Waals surface area contributed by atoms with E-state index in [1.54, 1.807) is 0 Å². The van der Waals surface area contributed by atoms with E-state index >= 15 is 0 Å². The minimum Gasteiger partial charge on any atom is -0.454 e. The number of ketones is 1. The molecule has 0 bridgehead atoms. The maximum absolute atomic E-state index is 13.0. The normalized spacial score (nSPS) is 34.3. The van der Waals surface area contributed by atoms with Crippen molar-refractivity contribution in [3.63, 3.8) is 0 Å².